The highest BCUT2D eigenvalue weighted by molar-refractivity contribution is 5.70. The van der Waals surface area contributed by atoms with Crippen LogP contribution in [0, 0.1) is 0 Å². The normalized spacial score (nSPS) is 11.8. The molecular weight excluding hydrogens is 385 g/mol. The molecule has 2 heterocycles. The highest BCUT2D eigenvalue weighted by Gasteiger charge is 2.31. The first-order valence-corrected chi connectivity index (χ1v) is 8.03. The predicted octanol–water partition coefficient (Wildman–Crippen LogP) is 1.50. The van der Waals surface area contributed by atoms with Crippen molar-refractivity contribution in [3.8, 4) is 17.5 Å². The minimum atomic E-state index is -4.85. The maximum atomic E-state index is 12.5. The van der Waals surface area contributed by atoms with Crippen LogP contribution in [0.25, 0.3) is 11.2 Å². The third-order valence-electron chi connectivity index (χ3n) is 3.75. The minimum Gasteiger partial charge on any atom is -0.425 e. The summed E-state index contributed by atoms with van der Waals surface area (Å²) in [5, 5.41) is 8.91. The van der Waals surface area contributed by atoms with E-state index in [4.69, 9.17) is 9.84 Å². The van der Waals surface area contributed by atoms with Gasteiger partial charge < -0.3 is 19.6 Å². The van der Waals surface area contributed by atoms with Gasteiger partial charge >= 0.3 is 18.1 Å². The van der Waals surface area contributed by atoms with Crippen molar-refractivity contribution in [2.75, 3.05) is 6.61 Å². The quantitative estimate of drug-likeness (QED) is 0.649. The molecule has 3 aromatic rings. The van der Waals surface area contributed by atoms with Crippen LogP contribution < -0.4 is 20.7 Å². The molecule has 1 aromatic carbocycles. The van der Waals surface area contributed by atoms with E-state index < -0.39 is 23.4 Å². The minimum absolute atomic E-state index is 0.0160. The average Bonchev–Trinajstić information content (AvgIpc) is 3.03. The number of alkyl halides is 3. The highest BCUT2D eigenvalue weighted by Crippen LogP contribution is 2.28. The van der Waals surface area contributed by atoms with Gasteiger partial charge in [-0.15, -0.1) is 13.2 Å². The Hall–Kier alpha value is -3.28. The van der Waals surface area contributed by atoms with E-state index in [0.29, 0.717) is 0 Å². The van der Waals surface area contributed by atoms with Crippen molar-refractivity contribution >= 4 is 11.2 Å². The Morgan fingerprint density at radius 3 is 2.64 bits per heavy atom. The van der Waals surface area contributed by atoms with Gasteiger partial charge in [0, 0.05) is 26.3 Å². The summed E-state index contributed by atoms with van der Waals surface area (Å²) in [6, 6.07) is 4.57. The molecule has 0 aliphatic carbocycles. The Labute approximate surface area is 154 Å². The van der Waals surface area contributed by atoms with E-state index in [9.17, 15) is 22.8 Å². The summed E-state index contributed by atoms with van der Waals surface area (Å²) in [7, 11) is 1.40. The number of H-pyrrole nitrogens is 1. The third kappa shape index (κ3) is 4.01. The van der Waals surface area contributed by atoms with Gasteiger partial charge in [-0.2, -0.15) is 4.98 Å². The van der Waals surface area contributed by atoms with E-state index in [1.165, 1.54) is 19.2 Å². The number of fused-ring (bicyclic) bond motifs is 1. The Balaban J connectivity index is 1.96. The van der Waals surface area contributed by atoms with Gasteiger partial charge in [-0.25, -0.2) is 4.79 Å². The Bertz CT molecular complexity index is 1120. The van der Waals surface area contributed by atoms with Crippen LogP contribution in [-0.4, -0.2) is 37.2 Å². The Morgan fingerprint density at radius 1 is 1.25 bits per heavy atom. The van der Waals surface area contributed by atoms with Crippen molar-refractivity contribution in [3.05, 3.63) is 45.1 Å². The van der Waals surface area contributed by atoms with E-state index in [0.717, 1.165) is 21.3 Å². The van der Waals surface area contributed by atoms with Crippen LogP contribution in [0.5, 0.6) is 17.5 Å². The highest BCUT2D eigenvalue weighted by atomic mass is 19.4. The topological polar surface area (TPSA) is 111 Å². The number of aliphatic hydroxyl groups is 1. The number of ether oxygens (including phenoxy) is 2. The van der Waals surface area contributed by atoms with Gasteiger partial charge in [-0.3, -0.25) is 13.9 Å². The Morgan fingerprint density at radius 2 is 1.96 bits per heavy atom. The molecule has 0 fully saturated rings. The van der Waals surface area contributed by atoms with Crippen molar-refractivity contribution in [1.82, 2.24) is 19.1 Å². The lowest BCUT2D eigenvalue weighted by atomic mass is 10.3. The predicted molar refractivity (Wildman–Crippen MR) is 90.5 cm³/mol. The van der Waals surface area contributed by atoms with Gasteiger partial charge in [0.2, 0.25) is 0 Å². The van der Waals surface area contributed by atoms with Crippen LogP contribution >= 0.6 is 0 Å². The summed E-state index contributed by atoms with van der Waals surface area (Å²) in [4.78, 5) is 31.4. The fraction of sp³-hybridized carbons (Fsp3) is 0.312. The number of aliphatic hydroxyl groups excluding tert-OH is 1. The van der Waals surface area contributed by atoms with E-state index in [-0.39, 0.29) is 42.5 Å². The summed E-state index contributed by atoms with van der Waals surface area (Å²) < 4.78 is 48.2. The van der Waals surface area contributed by atoms with Crippen LogP contribution in [-0.2, 0) is 13.6 Å². The molecule has 9 nitrogen and oxygen atoms in total. The second-order valence-corrected chi connectivity index (χ2v) is 5.74. The van der Waals surface area contributed by atoms with Gasteiger partial charge in [-0.1, -0.05) is 6.07 Å². The number of nitrogens with zero attached hydrogens (tertiary/aromatic N) is 3. The van der Waals surface area contributed by atoms with Crippen molar-refractivity contribution in [2.45, 2.75) is 19.3 Å². The van der Waals surface area contributed by atoms with Crippen molar-refractivity contribution in [3.63, 3.8) is 0 Å². The van der Waals surface area contributed by atoms with Crippen LogP contribution in [0.2, 0.25) is 0 Å². The number of halogens is 3. The van der Waals surface area contributed by atoms with Crippen molar-refractivity contribution in [2.24, 2.45) is 7.05 Å². The molecule has 150 valence electrons. The number of benzene rings is 1. The zero-order chi connectivity index (χ0) is 20.5. The first-order chi connectivity index (χ1) is 13.2. The van der Waals surface area contributed by atoms with Gasteiger partial charge in [0.1, 0.15) is 11.5 Å². The fourth-order valence-electron chi connectivity index (χ4n) is 2.55. The summed E-state index contributed by atoms with van der Waals surface area (Å²) >= 11 is 0. The largest absolute Gasteiger partial charge is 0.573 e. The standard InChI is InChI=1S/C16H15F3N4O5/c1-22-12-11(13(25)23(15(22)26)6-3-7-24)20-14(21-12)27-9-4-2-5-10(8-9)28-16(17,18)19/h2,4-5,8,24H,3,6-7H2,1H3,(H,20,21). The second-order valence-electron chi connectivity index (χ2n) is 5.74. The van der Waals surface area contributed by atoms with Gasteiger partial charge in [-0.05, 0) is 18.6 Å². The third-order valence-corrected chi connectivity index (χ3v) is 3.75. The SMILES string of the molecule is Cn1c(=O)n(CCCO)c(=O)c2[nH]c(Oc3cccc(OC(F)(F)F)c3)nc21. The maximum Gasteiger partial charge on any atom is 0.573 e. The molecule has 0 saturated carbocycles. The molecule has 0 aliphatic rings. The number of nitrogens with one attached hydrogen (secondary N) is 1. The molecule has 0 spiro atoms. The molecule has 12 heteroatoms. The molecule has 0 radical (unpaired) electrons. The van der Waals surface area contributed by atoms with E-state index in [1.807, 2.05) is 0 Å². The van der Waals surface area contributed by atoms with Crippen molar-refractivity contribution in [1.29, 1.82) is 0 Å². The molecular formula is C16H15F3N4O5. The van der Waals surface area contributed by atoms with E-state index in [2.05, 4.69) is 14.7 Å². The molecule has 28 heavy (non-hydrogen) atoms. The number of aromatic amines is 1. The van der Waals surface area contributed by atoms with Gasteiger partial charge in [0.25, 0.3) is 5.56 Å². The molecule has 2 N–H and O–H groups in total. The molecule has 0 amide bonds. The summed E-state index contributed by atoms with van der Waals surface area (Å²) in [6.07, 6.45) is -4.64. The lowest BCUT2D eigenvalue weighted by molar-refractivity contribution is -0.274. The summed E-state index contributed by atoms with van der Waals surface area (Å²) in [5.41, 5.74) is -1.27. The molecule has 0 atom stereocenters. The summed E-state index contributed by atoms with van der Waals surface area (Å²) in [6.45, 7) is -0.175. The number of hydrogen-bond donors (Lipinski definition) is 2. The lowest BCUT2D eigenvalue weighted by Gasteiger charge is -2.09. The number of aryl methyl sites for hydroxylation is 1. The van der Waals surface area contributed by atoms with Crippen LogP contribution in [0.4, 0.5) is 13.2 Å². The smallest absolute Gasteiger partial charge is 0.425 e. The molecule has 0 bridgehead atoms. The zero-order valence-electron chi connectivity index (χ0n) is 14.5. The number of hydrogen-bond acceptors (Lipinski definition) is 6. The van der Waals surface area contributed by atoms with Crippen LogP contribution in [0.3, 0.4) is 0 Å². The molecule has 2 aromatic heterocycles. The average molecular weight is 400 g/mol. The number of aromatic nitrogens is 4. The maximum absolute atomic E-state index is 12.5. The van der Waals surface area contributed by atoms with E-state index >= 15 is 0 Å². The number of rotatable bonds is 6. The molecule has 0 aliphatic heterocycles. The zero-order valence-corrected chi connectivity index (χ0v) is 14.5. The first-order valence-electron chi connectivity index (χ1n) is 8.03. The summed E-state index contributed by atoms with van der Waals surface area (Å²) in [5.74, 6) is -0.508. The van der Waals surface area contributed by atoms with Gasteiger partial charge in [0.05, 0.1) is 0 Å². The second kappa shape index (κ2) is 7.38. The van der Waals surface area contributed by atoms with Crippen molar-refractivity contribution < 1.29 is 27.8 Å². The van der Waals surface area contributed by atoms with Crippen LogP contribution in [0.15, 0.2) is 33.9 Å². The molecule has 0 unspecified atom stereocenters. The molecule has 0 saturated heterocycles. The Kier molecular flexibility index (Phi) is 5.14. The fourth-order valence-corrected chi connectivity index (χ4v) is 2.55. The monoisotopic (exact) mass is 400 g/mol. The number of imidazole rings is 1. The molecule has 3 rings (SSSR count). The first kappa shape index (κ1) is 19.5. The van der Waals surface area contributed by atoms with Gasteiger partial charge in [0.15, 0.2) is 11.2 Å². The lowest BCUT2D eigenvalue weighted by Crippen LogP contribution is -2.39. The van der Waals surface area contributed by atoms with Crippen LogP contribution in [0.1, 0.15) is 6.42 Å². The van der Waals surface area contributed by atoms with E-state index in [1.54, 1.807) is 0 Å².